The molecule has 6 heteroatoms. The van der Waals surface area contributed by atoms with Crippen molar-refractivity contribution in [3.63, 3.8) is 0 Å². The molecule has 106 valence electrons. The first-order chi connectivity index (χ1) is 9.65. The van der Waals surface area contributed by atoms with Crippen LogP contribution in [-0.4, -0.2) is 52.8 Å². The fourth-order valence-electron chi connectivity index (χ4n) is 2.44. The molecule has 0 aromatic carbocycles. The van der Waals surface area contributed by atoms with Gasteiger partial charge < -0.3 is 9.80 Å². The monoisotopic (exact) mass is 337 g/mol. The fourth-order valence-corrected chi connectivity index (χ4v) is 2.80. The minimum absolute atomic E-state index is 0.00613. The number of pyridine rings is 1. The first-order valence-electron chi connectivity index (χ1n) is 6.85. The molecule has 1 aliphatic heterocycles. The Morgan fingerprint density at radius 3 is 2.40 bits per heavy atom. The molecule has 2 fully saturated rings. The van der Waals surface area contributed by atoms with Gasteiger partial charge in [-0.2, -0.15) is 0 Å². The third-order valence-electron chi connectivity index (χ3n) is 3.78. The van der Waals surface area contributed by atoms with Crippen LogP contribution in [0.1, 0.15) is 23.2 Å². The molecule has 0 N–H and O–H groups in total. The number of piperazine rings is 1. The Labute approximate surface area is 126 Å². The predicted molar refractivity (Wildman–Crippen MR) is 77.1 cm³/mol. The second-order valence-corrected chi connectivity index (χ2v) is 6.07. The lowest BCUT2D eigenvalue weighted by Gasteiger charge is -2.35. The van der Waals surface area contributed by atoms with Gasteiger partial charge in [0.15, 0.2) is 0 Å². The van der Waals surface area contributed by atoms with E-state index in [1.54, 1.807) is 23.2 Å². The molecule has 1 aliphatic carbocycles. The van der Waals surface area contributed by atoms with Gasteiger partial charge in [-0.05, 0) is 40.9 Å². The molecule has 0 spiro atoms. The highest BCUT2D eigenvalue weighted by atomic mass is 79.9. The lowest BCUT2D eigenvalue weighted by atomic mass is 10.2. The molecule has 20 heavy (non-hydrogen) atoms. The molecule has 5 nitrogen and oxygen atoms in total. The Hall–Kier alpha value is -1.43. The van der Waals surface area contributed by atoms with Crippen LogP contribution in [0.25, 0.3) is 0 Å². The van der Waals surface area contributed by atoms with E-state index in [2.05, 4.69) is 20.9 Å². The Morgan fingerprint density at radius 2 is 1.80 bits per heavy atom. The van der Waals surface area contributed by atoms with E-state index in [-0.39, 0.29) is 17.7 Å². The van der Waals surface area contributed by atoms with Gasteiger partial charge >= 0.3 is 0 Å². The van der Waals surface area contributed by atoms with Crippen LogP contribution in [-0.2, 0) is 4.79 Å². The Kier molecular flexibility index (Phi) is 3.74. The first kappa shape index (κ1) is 13.5. The highest BCUT2D eigenvalue weighted by molar-refractivity contribution is 9.10. The van der Waals surface area contributed by atoms with E-state index in [0.717, 1.165) is 12.8 Å². The third-order valence-corrected chi connectivity index (χ3v) is 4.21. The van der Waals surface area contributed by atoms with Crippen LogP contribution in [0.5, 0.6) is 0 Å². The zero-order valence-corrected chi connectivity index (χ0v) is 12.7. The van der Waals surface area contributed by atoms with Crippen LogP contribution in [0.4, 0.5) is 0 Å². The average Bonchev–Trinajstić information content (AvgIpc) is 3.30. The third kappa shape index (κ3) is 2.85. The van der Waals surface area contributed by atoms with Crippen molar-refractivity contribution in [2.45, 2.75) is 12.8 Å². The zero-order valence-electron chi connectivity index (χ0n) is 11.1. The summed E-state index contributed by atoms with van der Waals surface area (Å²) < 4.78 is 0.658. The number of hydrogen-bond donors (Lipinski definition) is 0. The van der Waals surface area contributed by atoms with Gasteiger partial charge in [-0.15, -0.1) is 0 Å². The van der Waals surface area contributed by atoms with E-state index in [0.29, 0.717) is 36.3 Å². The maximum absolute atomic E-state index is 12.3. The van der Waals surface area contributed by atoms with E-state index >= 15 is 0 Å². The maximum atomic E-state index is 12.3. The summed E-state index contributed by atoms with van der Waals surface area (Å²) in [6.45, 7) is 2.51. The lowest BCUT2D eigenvalue weighted by molar-refractivity contribution is -0.134. The van der Waals surface area contributed by atoms with E-state index in [9.17, 15) is 9.59 Å². The van der Waals surface area contributed by atoms with Crippen molar-refractivity contribution >= 4 is 27.7 Å². The van der Waals surface area contributed by atoms with Gasteiger partial charge in [0.05, 0.1) is 0 Å². The highest BCUT2D eigenvalue weighted by Crippen LogP contribution is 2.31. The summed E-state index contributed by atoms with van der Waals surface area (Å²) in [6.07, 6.45) is 3.68. The smallest absolute Gasteiger partial charge is 0.254 e. The quantitative estimate of drug-likeness (QED) is 0.769. The lowest BCUT2D eigenvalue weighted by Crippen LogP contribution is -2.51. The Morgan fingerprint density at radius 1 is 1.15 bits per heavy atom. The van der Waals surface area contributed by atoms with Gasteiger partial charge in [0.25, 0.3) is 5.91 Å². The number of nitrogens with zero attached hydrogens (tertiary/aromatic N) is 3. The summed E-state index contributed by atoms with van der Waals surface area (Å²) >= 11 is 3.27. The standard InChI is InChI=1S/C14H16BrN3O2/c15-12-9-11(3-4-16-12)14(20)18-7-5-17(6-8-18)13(19)10-1-2-10/h3-4,9-10H,1-2,5-8H2. The summed E-state index contributed by atoms with van der Waals surface area (Å²) in [4.78, 5) is 32.0. The maximum Gasteiger partial charge on any atom is 0.254 e. The van der Waals surface area contributed by atoms with Gasteiger partial charge in [0.1, 0.15) is 4.60 Å². The molecule has 1 saturated heterocycles. The zero-order chi connectivity index (χ0) is 14.1. The topological polar surface area (TPSA) is 53.5 Å². The number of aromatic nitrogens is 1. The van der Waals surface area contributed by atoms with Crippen LogP contribution in [0.3, 0.4) is 0 Å². The highest BCUT2D eigenvalue weighted by Gasteiger charge is 2.35. The van der Waals surface area contributed by atoms with Crippen molar-refractivity contribution in [2.24, 2.45) is 5.92 Å². The predicted octanol–water partition coefficient (Wildman–Crippen LogP) is 1.54. The van der Waals surface area contributed by atoms with Gasteiger partial charge in [0.2, 0.25) is 5.91 Å². The molecular weight excluding hydrogens is 322 g/mol. The van der Waals surface area contributed by atoms with Crippen molar-refractivity contribution in [3.8, 4) is 0 Å². The van der Waals surface area contributed by atoms with E-state index in [1.807, 2.05) is 4.90 Å². The summed E-state index contributed by atoms with van der Waals surface area (Å²) in [5.74, 6) is 0.531. The fraction of sp³-hybridized carbons (Fsp3) is 0.500. The first-order valence-corrected chi connectivity index (χ1v) is 7.64. The molecule has 1 aromatic heterocycles. The SMILES string of the molecule is O=C(c1ccnc(Br)c1)N1CCN(C(=O)C2CC2)CC1. The van der Waals surface area contributed by atoms with Gasteiger partial charge in [-0.3, -0.25) is 9.59 Å². The van der Waals surface area contributed by atoms with E-state index in [4.69, 9.17) is 0 Å². The van der Waals surface area contributed by atoms with Crippen LogP contribution >= 0.6 is 15.9 Å². The number of hydrogen-bond acceptors (Lipinski definition) is 3. The summed E-state index contributed by atoms with van der Waals surface area (Å²) in [5.41, 5.74) is 0.633. The summed E-state index contributed by atoms with van der Waals surface area (Å²) in [6, 6.07) is 3.44. The minimum atomic E-state index is 0.00613. The molecular formula is C14H16BrN3O2. The van der Waals surface area contributed by atoms with Gasteiger partial charge in [-0.25, -0.2) is 4.98 Å². The normalized spacial score (nSPS) is 19.1. The Bertz CT molecular complexity index is 537. The molecule has 1 saturated carbocycles. The van der Waals surface area contributed by atoms with E-state index in [1.165, 1.54) is 0 Å². The van der Waals surface area contributed by atoms with Crippen LogP contribution in [0, 0.1) is 5.92 Å². The Balaban J connectivity index is 1.60. The van der Waals surface area contributed by atoms with Crippen LogP contribution in [0.2, 0.25) is 0 Å². The van der Waals surface area contributed by atoms with Crippen molar-refractivity contribution in [3.05, 3.63) is 28.5 Å². The summed E-state index contributed by atoms with van der Waals surface area (Å²) in [5, 5.41) is 0. The second kappa shape index (κ2) is 5.52. The van der Waals surface area contributed by atoms with Crippen molar-refractivity contribution in [1.82, 2.24) is 14.8 Å². The molecule has 0 radical (unpaired) electrons. The number of amides is 2. The van der Waals surface area contributed by atoms with Gasteiger partial charge in [0, 0.05) is 43.9 Å². The van der Waals surface area contributed by atoms with Gasteiger partial charge in [-0.1, -0.05) is 0 Å². The van der Waals surface area contributed by atoms with Crippen molar-refractivity contribution < 1.29 is 9.59 Å². The number of halogens is 1. The average molecular weight is 338 g/mol. The minimum Gasteiger partial charge on any atom is -0.339 e. The van der Waals surface area contributed by atoms with Crippen LogP contribution in [0.15, 0.2) is 22.9 Å². The number of carbonyl (C=O) groups excluding carboxylic acids is 2. The molecule has 3 rings (SSSR count). The van der Waals surface area contributed by atoms with Crippen molar-refractivity contribution in [2.75, 3.05) is 26.2 Å². The second-order valence-electron chi connectivity index (χ2n) is 5.26. The summed E-state index contributed by atoms with van der Waals surface area (Å²) in [7, 11) is 0. The molecule has 2 amide bonds. The van der Waals surface area contributed by atoms with E-state index < -0.39 is 0 Å². The number of carbonyl (C=O) groups is 2. The largest absolute Gasteiger partial charge is 0.339 e. The molecule has 0 unspecified atom stereocenters. The molecule has 2 aliphatic rings. The number of rotatable bonds is 2. The van der Waals surface area contributed by atoms with Crippen molar-refractivity contribution in [1.29, 1.82) is 0 Å². The van der Waals surface area contributed by atoms with Crippen LogP contribution < -0.4 is 0 Å². The molecule has 2 heterocycles. The molecule has 0 bridgehead atoms. The molecule has 0 atom stereocenters. The molecule has 1 aromatic rings.